The molecule has 0 heterocycles. The molecule has 2 N–H and O–H groups in total. The van der Waals surface area contributed by atoms with Crippen LogP contribution in [0.1, 0.15) is 30.9 Å². The monoisotopic (exact) mass is 279 g/mol. The molecule has 0 aromatic heterocycles. The number of unbranched alkanes of at least 4 members (excludes halogenated alkanes) is 1. The Hall–Kier alpha value is -1.39. The number of carbonyl (C=O) groups is 1. The Bertz CT molecular complexity index is 389. The van der Waals surface area contributed by atoms with E-state index in [1.165, 1.54) is 25.5 Å². The third-order valence-corrected chi connectivity index (χ3v) is 3.10. The molecule has 0 aliphatic heterocycles. The molecule has 0 saturated heterocycles. The molecule has 1 rings (SSSR count). The van der Waals surface area contributed by atoms with Gasteiger partial charge in [0.1, 0.15) is 0 Å². The van der Waals surface area contributed by atoms with E-state index in [9.17, 15) is 9.90 Å². The summed E-state index contributed by atoms with van der Waals surface area (Å²) in [6.07, 6.45) is 3.16. The van der Waals surface area contributed by atoms with Crippen molar-refractivity contribution in [2.24, 2.45) is 0 Å². The molecule has 112 valence electrons. The van der Waals surface area contributed by atoms with Crippen LogP contribution in [-0.2, 0) is 22.4 Å². The van der Waals surface area contributed by atoms with Gasteiger partial charge in [-0.15, -0.1) is 0 Å². The van der Waals surface area contributed by atoms with Gasteiger partial charge in [0.25, 0.3) is 0 Å². The molecule has 0 fully saturated rings. The van der Waals surface area contributed by atoms with E-state index in [4.69, 9.17) is 4.74 Å². The second-order valence-corrected chi connectivity index (χ2v) is 5.01. The van der Waals surface area contributed by atoms with Gasteiger partial charge < -0.3 is 15.2 Å². The summed E-state index contributed by atoms with van der Waals surface area (Å²) in [5, 5.41) is 12.1. The van der Waals surface area contributed by atoms with Gasteiger partial charge in [-0.3, -0.25) is 4.79 Å². The van der Waals surface area contributed by atoms with Gasteiger partial charge in [0.15, 0.2) is 0 Å². The standard InChI is InChI=1S/C16H25NO3/c1-3-4-5-13-6-8-14(9-7-13)10-16(19)17-11-15(18)12-20-2/h6-9,15,18H,3-5,10-12H2,1-2H3,(H,17,19). The molecule has 0 saturated carbocycles. The molecule has 0 spiro atoms. The van der Waals surface area contributed by atoms with Crippen LogP contribution in [0.25, 0.3) is 0 Å². The van der Waals surface area contributed by atoms with E-state index in [1.807, 2.05) is 12.1 Å². The zero-order valence-electron chi connectivity index (χ0n) is 12.4. The second-order valence-electron chi connectivity index (χ2n) is 5.01. The molecule has 1 aromatic rings. The Balaban J connectivity index is 2.34. The van der Waals surface area contributed by atoms with E-state index in [0.717, 1.165) is 12.0 Å². The van der Waals surface area contributed by atoms with Crippen LogP contribution in [0.4, 0.5) is 0 Å². The molecular weight excluding hydrogens is 254 g/mol. The smallest absolute Gasteiger partial charge is 0.224 e. The molecule has 20 heavy (non-hydrogen) atoms. The summed E-state index contributed by atoms with van der Waals surface area (Å²) in [4.78, 5) is 11.7. The molecule has 4 heteroatoms. The van der Waals surface area contributed by atoms with Crippen molar-refractivity contribution in [2.75, 3.05) is 20.3 Å². The van der Waals surface area contributed by atoms with Crippen LogP contribution >= 0.6 is 0 Å². The second kappa shape index (κ2) is 9.50. The maximum absolute atomic E-state index is 11.7. The first-order valence-electron chi connectivity index (χ1n) is 7.17. The maximum atomic E-state index is 11.7. The average Bonchev–Trinajstić information content (AvgIpc) is 2.45. The minimum absolute atomic E-state index is 0.0820. The number of ether oxygens (including phenoxy) is 1. The third-order valence-electron chi connectivity index (χ3n) is 3.10. The predicted molar refractivity (Wildman–Crippen MR) is 79.7 cm³/mol. The van der Waals surface area contributed by atoms with Crippen molar-refractivity contribution in [3.63, 3.8) is 0 Å². The number of benzene rings is 1. The van der Waals surface area contributed by atoms with Crippen LogP contribution in [0.2, 0.25) is 0 Å². The average molecular weight is 279 g/mol. The molecule has 0 aliphatic carbocycles. The first kappa shape index (κ1) is 16.7. The lowest BCUT2D eigenvalue weighted by Crippen LogP contribution is -2.35. The van der Waals surface area contributed by atoms with Crippen molar-refractivity contribution < 1.29 is 14.6 Å². The minimum atomic E-state index is -0.652. The number of aryl methyl sites for hydroxylation is 1. The highest BCUT2D eigenvalue weighted by atomic mass is 16.5. The topological polar surface area (TPSA) is 58.6 Å². The summed E-state index contributed by atoms with van der Waals surface area (Å²) in [7, 11) is 1.52. The van der Waals surface area contributed by atoms with Gasteiger partial charge in [-0.25, -0.2) is 0 Å². The number of hydrogen-bond donors (Lipinski definition) is 2. The van der Waals surface area contributed by atoms with Gasteiger partial charge in [-0.2, -0.15) is 0 Å². The number of nitrogens with one attached hydrogen (secondary N) is 1. The van der Waals surface area contributed by atoms with Gasteiger partial charge in [0.05, 0.1) is 19.1 Å². The summed E-state index contributed by atoms with van der Waals surface area (Å²) in [5.74, 6) is -0.0820. The zero-order valence-corrected chi connectivity index (χ0v) is 12.4. The van der Waals surface area contributed by atoms with Crippen molar-refractivity contribution in [1.29, 1.82) is 0 Å². The fourth-order valence-electron chi connectivity index (χ4n) is 1.94. The number of amides is 1. The van der Waals surface area contributed by atoms with Crippen LogP contribution in [0, 0.1) is 0 Å². The first-order chi connectivity index (χ1) is 9.65. The minimum Gasteiger partial charge on any atom is -0.389 e. The Morgan fingerprint density at radius 1 is 1.30 bits per heavy atom. The molecule has 0 aliphatic rings. The van der Waals surface area contributed by atoms with Crippen LogP contribution in [0.15, 0.2) is 24.3 Å². The number of methoxy groups -OCH3 is 1. The van der Waals surface area contributed by atoms with Crippen LogP contribution in [-0.4, -0.2) is 37.4 Å². The highest BCUT2D eigenvalue weighted by molar-refractivity contribution is 5.78. The maximum Gasteiger partial charge on any atom is 0.224 e. The number of rotatable bonds is 9. The van der Waals surface area contributed by atoms with E-state index >= 15 is 0 Å². The van der Waals surface area contributed by atoms with E-state index in [1.54, 1.807) is 0 Å². The van der Waals surface area contributed by atoms with Crippen molar-refractivity contribution in [3.8, 4) is 0 Å². The Morgan fingerprint density at radius 3 is 2.55 bits per heavy atom. The lowest BCUT2D eigenvalue weighted by Gasteiger charge is -2.11. The number of hydrogen-bond acceptors (Lipinski definition) is 3. The number of aliphatic hydroxyl groups excluding tert-OH is 1. The van der Waals surface area contributed by atoms with E-state index in [2.05, 4.69) is 24.4 Å². The summed E-state index contributed by atoms with van der Waals surface area (Å²) in [6, 6.07) is 8.16. The van der Waals surface area contributed by atoms with Crippen molar-refractivity contribution in [3.05, 3.63) is 35.4 Å². The first-order valence-corrected chi connectivity index (χ1v) is 7.17. The SMILES string of the molecule is CCCCc1ccc(CC(=O)NCC(O)COC)cc1. The molecular formula is C16H25NO3. The Labute approximate surface area is 121 Å². The molecule has 0 bridgehead atoms. The number of carbonyl (C=O) groups excluding carboxylic acids is 1. The number of aliphatic hydroxyl groups is 1. The van der Waals surface area contributed by atoms with Gasteiger partial charge in [0.2, 0.25) is 5.91 Å². The summed E-state index contributed by atoms with van der Waals surface area (Å²) >= 11 is 0. The molecule has 1 amide bonds. The molecule has 0 radical (unpaired) electrons. The van der Waals surface area contributed by atoms with Gasteiger partial charge in [-0.05, 0) is 24.0 Å². The fourth-order valence-corrected chi connectivity index (χ4v) is 1.94. The Morgan fingerprint density at radius 2 is 1.95 bits per heavy atom. The quantitative estimate of drug-likeness (QED) is 0.723. The van der Waals surface area contributed by atoms with Crippen LogP contribution < -0.4 is 5.32 Å². The highest BCUT2D eigenvalue weighted by Gasteiger charge is 2.07. The van der Waals surface area contributed by atoms with E-state index in [0.29, 0.717) is 6.42 Å². The zero-order chi connectivity index (χ0) is 14.8. The lowest BCUT2D eigenvalue weighted by molar-refractivity contribution is -0.121. The van der Waals surface area contributed by atoms with E-state index in [-0.39, 0.29) is 19.1 Å². The normalized spacial score (nSPS) is 12.2. The third kappa shape index (κ3) is 6.68. The van der Waals surface area contributed by atoms with Crippen LogP contribution in [0.5, 0.6) is 0 Å². The van der Waals surface area contributed by atoms with Gasteiger partial charge in [0, 0.05) is 13.7 Å². The Kier molecular flexibility index (Phi) is 7.92. The summed E-state index contributed by atoms with van der Waals surface area (Å²) in [5.41, 5.74) is 2.30. The summed E-state index contributed by atoms with van der Waals surface area (Å²) < 4.78 is 4.80. The molecule has 1 aromatic carbocycles. The highest BCUT2D eigenvalue weighted by Crippen LogP contribution is 2.08. The molecule has 4 nitrogen and oxygen atoms in total. The van der Waals surface area contributed by atoms with Crippen molar-refractivity contribution >= 4 is 5.91 Å². The van der Waals surface area contributed by atoms with Crippen molar-refractivity contribution in [1.82, 2.24) is 5.32 Å². The fraction of sp³-hybridized carbons (Fsp3) is 0.562. The molecule has 1 unspecified atom stereocenters. The molecule has 1 atom stereocenters. The lowest BCUT2D eigenvalue weighted by atomic mass is 10.0. The van der Waals surface area contributed by atoms with E-state index < -0.39 is 6.10 Å². The van der Waals surface area contributed by atoms with Crippen molar-refractivity contribution in [2.45, 2.75) is 38.7 Å². The summed E-state index contributed by atoms with van der Waals surface area (Å²) in [6.45, 7) is 2.63. The van der Waals surface area contributed by atoms with Gasteiger partial charge >= 0.3 is 0 Å². The van der Waals surface area contributed by atoms with Gasteiger partial charge in [-0.1, -0.05) is 37.6 Å². The largest absolute Gasteiger partial charge is 0.389 e. The predicted octanol–water partition coefficient (Wildman–Crippen LogP) is 1.70. The van der Waals surface area contributed by atoms with Crippen LogP contribution in [0.3, 0.4) is 0 Å².